The molecule has 0 fully saturated rings. The molecule has 62 valence electrons. The van der Waals surface area contributed by atoms with Crippen LogP contribution in [0.2, 0.25) is 0 Å². The third-order valence-corrected chi connectivity index (χ3v) is 1.93. The van der Waals surface area contributed by atoms with Crippen LogP contribution in [0, 0.1) is 0 Å². The van der Waals surface area contributed by atoms with Crippen LogP contribution in [0.3, 0.4) is 0 Å². The van der Waals surface area contributed by atoms with E-state index in [0.717, 1.165) is 16.5 Å². The Kier molecular flexibility index (Phi) is 1.84. The summed E-state index contributed by atoms with van der Waals surface area (Å²) in [5.74, 6) is 0.869. The Morgan fingerprint density at radius 2 is 2.08 bits per heavy atom. The summed E-state index contributed by atoms with van der Waals surface area (Å²) in [6.45, 7) is 0.136. The number of rotatable bonds is 2. The third kappa shape index (κ3) is 1.10. The van der Waals surface area contributed by atoms with Gasteiger partial charge in [0.1, 0.15) is 5.76 Å². The predicted molar refractivity (Wildman–Crippen MR) is 47.0 cm³/mol. The molecule has 1 aromatic carbocycles. The number of aliphatic hydroxyl groups excluding tert-OH is 1. The van der Waals surface area contributed by atoms with Crippen molar-refractivity contribution in [2.45, 2.75) is 6.42 Å². The molecule has 0 bridgehead atoms. The number of benzene rings is 1. The summed E-state index contributed by atoms with van der Waals surface area (Å²) < 4.78 is 5.30. The SMILES string of the molecule is OCCc1occ2ccccc12. The second kappa shape index (κ2) is 2.99. The van der Waals surface area contributed by atoms with Crippen LogP contribution in [0.1, 0.15) is 5.76 Å². The van der Waals surface area contributed by atoms with Crippen LogP contribution in [-0.2, 0) is 6.42 Å². The van der Waals surface area contributed by atoms with Crippen molar-refractivity contribution in [3.05, 3.63) is 36.3 Å². The van der Waals surface area contributed by atoms with Crippen LogP contribution >= 0.6 is 0 Å². The molecule has 0 saturated carbocycles. The van der Waals surface area contributed by atoms with Gasteiger partial charge in [-0.05, 0) is 0 Å². The van der Waals surface area contributed by atoms with Crippen molar-refractivity contribution in [2.24, 2.45) is 0 Å². The van der Waals surface area contributed by atoms with Crippen molar-refractivity contribution in [3.8, 4) is 0 Å². The molecule has 1 heterocycles. The average molecular weight is 162 g/mol. The van der Waals surface area contributed by atoms with E-state index in [-0.39, 0.29) is 6.61 Å². The highest BCUT2D eigenvalue weighted by atomic mass is 16.3. The molecule has 0 aliphatic heterocycles. The lowest BCUT2D eigenvalue weighted by Gasteiger charge is -1.91. The normalized spacial score (nSPS) is 10.8. The molecule has 2 rings (SSSR count). The van der Waals surface area contributed by atoms with Gasteiger partial charge in [0.25, 0.3) is 0 Å². The van der Waals surface area contributed by atoms with Gasteiger partial charge in [-0.2, -0.15) is 0 Å². The van der Waals surface area contributed by atoms with Crippen LogP contribution < -0.4 is 0 Å². The molecule has 0 unspecified atom stereocenters. The lowest BCUT2D eigenvalue weighted by molar-refractivity contribution is 0.288. The first kappa shape index (κ1) is 7.37. The summed E-state index contributed by atoms with van der Waals surface area (Å²) >= 11 is 0. The highest BCUT2D eigenvalue weighted by Gasteiger charge is 2.03. The molecule has 2 heteroatoms. The third-order valence-electron chi connectivity index (χ3n) is 1.93. The summed E-state index contributed by atoms with van der Waals surface area (Å²) in [6.07, 6.45) is 2.31. The van der Waals surface area contributed by atoms with E-state index in [4.69, 9.17) is 9.52 Å². The Morgan fingerprint density at radius 3 is 2.92 bits per heavy atom. The van der Waals surface area contributed by atoms with E-state index in [1.54, 1.807) is 6.26 Å². The molecule has 0 aliphatic carbocycles. The van der Waals surface area contributed by atoms with Crippen molar-refractivity contribution in [1.82, 2.24) is 0 Å². The fourth-order valence-electron chi connectivity index (χ4n) is 1.35. The monoisotopic (exact) mass is 162 g/mol. The van der Waals surface area contributed by atoms with E-state index < -0.39 is 0 Å². The molecule has 2 nitrogen and oxygen atoms in total. The zero-order valence-corrected chi connectivity index (χ0v) is 6.66. The number of fused-ring (bicyclic) bond motifs is 1. The van der Waals surface area contributed by atoms with Crippen LogP contribution in [0.5, 0.6) is 0 Å². The fraction of sp³-hybridized carbons (Fsp3) is 0.200. The summed E-state index contributed by atoms with van der Waals surface area (Å²) in [6, 6.07) is 7.95. The van der Waals surface area contributed by atoms with Gasteiger partial charge in [0.05, 0.1) is 12.9 Å². The van der Waals surface area contributed by atoms with Gasteiger partial charge in [0.2, 0.25) is 0 Å². The van der Waals surface area contributed by atoms with Gasteiger partial charge in [-0.1, -0.05) is 24.3 Å². The van der Waals surface area contributed by atoms with Crippen LogP contribution in [0.25, 0.3) is 10.8 Å². The molecule has 0 atom stereocenters. The van der Waals surface area contributed by atoms with Gasteiger partial charge < -0.3 is 9.52 Å². The molecule has 2 aromatic rings. The minimum Gasteiger partial charge on any atom is -0.468 e. The highest BCUT2D eigenvalue weighted by Crippen LogP contribution is 2.20. The summed E-state index contributed by atoms with van der Waals surface area (Å²) in [5.41, 5.74) is 0. The molecular formula is C10H10O2. The van der Waals surface area contributed by atoms with Crippen LogP contribution in [-0.4, -0.2) is 11.7 Å². The van der Waals surface area contributed by atoms with E-state index in [9.17, 15) is 0 Å². The predicted octanol–water partition coefficient (Wildman–Crippen LogP) is 1.97. The van der Waals surface area contributed by atoms with E-state index in [2.05, 4.69) is 0 Å². The van der Waals surface area contributed by atoms with E-state index in [1.807, 2.05) is 24.3 Å². The first-order valence-electron chi connectivity index (χ1n) is 3.98. The molecule has 0 amide bonds. The number of aliphatic hydroxyl groups is 1. The number of furan rings is 1. The maximum absolute atomic E-state index is 8.74. The molecule has 0 aliphatic rings. The Hall–Kier alpha value is -1.28. The maximum Gasteiger partial charge on any atom is 0.113 e. The topological polar surface area (TPSA) is 33.4 Å². The Labute approximate surface area is 70.4 Å². The first-order valence-corrected chi connectivity index (χ1v) is 3.98. The molecule has 12 heavy (non-hydrogen) atoms. The van der Waals surface area contributed by atoms with Gasteiger partial charge in [-0.25, -0.2) is 0 Å². The average Bonchev–Trinajstić information content (AvgIpc) is 2.50. The summed E-state index contributed by atoms with van der Waals surface area (Å²) in [7, 11) is 0. The Morgan fingerprint density at radius 1 is 1.25 bits per heavy atom. The van der Waals surface area contributed by atoms with Gasteiger partial charge in [-0.15, -0.1) is 0 Å². The van der Waals surface area contributed by atoms with Crippen molar-refractivity contribution < 1.29 is 9.52 Å². The van der Waals surface area contributed by atoms with E-state index in [1.165, 1.54) is 0 Å². The van der Waals surface area contributed by atoms with Crippen molar-refractivity contribution in [3.63, 3.8) is 0 Å². The van der Waals surface area contributed by atoms with Gasteiger partial charge >= 0.3 is 0 Å². The number of hydrogen-bond acceptors (Lipinski definition) is 2. The fourth-order valence-corrected chi connectivity index (χ4v) is 1.35. The molecule has 1 N–H and O–H groups in total. The lowest BCUT2D eigenvalue weighted by Crippen LogP contribution is -1.87. The Balaban J connectivity index is 2.55. The molecule has 0 radical (unpaired) electrons. The van der Waals surface area contributed by atoms with Crippen LogP contribution in [0.15, 0.2) is 34.9 Å². The second-order valence-corrected chi connectivity index (χ2v) is 2.72. The lowest BCUT2D eigenvalue weighted by atomic mass is 10.1. The largest absolute Gasteiger partial charge is 0.468 e. The zero-order chi connectivity index (χ0) is 8.39. The van der Waals surface area contributed by atoms with Crippen molar-refractivity contribution in [1.29, 1.82) is 0 Å². The summed E-state index contributed by atoms with van der Waals surface area (Å²) in [4.78, 5) is 0. The minimum atomic E-state index is 0.136. The summed E-state index contributed by atoms with van der Waals surface area (Å²) in [5, 5.41) is 10.9. The van der Waals surface area contributed by atoms with Gasteiger partial charge in [0.15, 0.2) is 0 Å². The minimum absolute atomic E-state index is 0.136. The van der Waals surface area contributed by atoms with Gasteiger partial charge in [0, 0.05) is 17.2 Å². The molecular weight excluding hydrogens is 152 g/mol. The number of hydrogen-bond donors (Lipinski definition) is 1. The molecule has 1 aromatic heterocycles. The van der Waals surface area contributed by atoms with E-state index >= 15 is 0 Å². The second-order valence-electron chi connectivity index (χ2n) is 2.72. The van der Waals surface area contributed by atoms with Gasteiger partial charge in [-0.3, -0.25) is 0 Å². The zero-order valence-electron chi connectivity index (χ0n) is 6.66. The molecule has 0 spiro atoms. The van der Waals surface area contributed by atoms with E-state index in [0.29, 0.717) is 6.42 Å². The Bertz CT molecular complexity index is 376. The standard InChI is InChI=1S/C10H10O2/c11-6-5-10-9-4-2-1-3-8(9)7-12-10/h1-4,7,11H,5-6H2. The smallest absolute Gasteiger partial charge is 0.113 e. The first-order chi connectivity index (χ1) is 5.92. The highest BCUT2D eigenvalue weighted by molar-refractivity contribution is 5.83. The molecule has 0 saturated heterocycles. The van der Waals surface area contributed by atoms with Crippen molar-refractivity contribution in [2.75, 3.05) is 6.61 Å². The van der Waals surface area contributed by atoms with Crippen LogP contribution in [0.4, 0.5) is 0 Å². The van der Waals surface area contributed by atoms with Crippen molar-refractivity contribution >= 4 is 10.8 Å². The quantitative estimate of drug-likeness (QED) is 0.732. The maximum atomic E-state index is 8.74.